The predicted octanol–water partition coefficient (Wildman–Crippen LogP) is 2.84. The molecule has 1 saturated heterocycles. The van der Waals surface area contributed by atoms with Gasteiger partial charge >= 0.3 is 0 Å². The minimum absolute atomic E-state index is 0.0205. The highest BCUT2D eigenvalue weighted by atomic mass is 16.5. The van der Waals surface area contributed by atoms with Crippen molar-refractivity contribution in [3.63, 3.8) is 0 Å². The van der Waals surface area contributed by atoms with Crippen LogP contribution in [0.4, 0.5) is 0 Å². The highest BCUT2D eigenvalue weighted by Gasteiger charge is 2.29. The van der Waals surface area contributed by atoms with Crippen molar-refractivity contribution in [3.05, 3.63) is 53.9 Å². The van der Waals surface area contributed by atoms with Crippen LogP contribution in [0.15, 0.2) is 42.7 Å². The summed E-state index contributed by atoms with van der Waals surface area (Å²) < 4.78 is 10.7. The molecule has 1 aromatic carbocycles. The third kappa shape index (κ3) is 4.57. The molecule has 27 heavy (non-hydrogen) atoms. The standard InChI is InChI=1S/C21H27N3O3/c1-23-11-8-17(9-12-23)24(15-16-5-4-10-22-14-16)21(25)19-7-6-18(26-2)13-20(19)27-3/h4-7,10,13-14,17H,8-9,11-12,15H2,1-3H3. The minimum atomic E-state index is -0.0205. The van der Waals surface area contributed by atoms with Crippen molar-refractivity contribution in [1.29, 1.82) is 0 Å². The summed E-state index contributed by atoms with van der Waals surface area (Å²) in [6.45, 7) is 2.51. The lowest BCUT2D eigenvalue weighted by Crippen LogP contribution is -2.46. The molecule has 1 aliphatic rings. The van der Waals surface area contributed by atoms with Crippen LogP contribution in [-0.2, 0) is 6.54 Å². The van der Waals surface area contributed by atoms with Gasteiger partial charge in [-0.1, -0.05) is 6.07 Å². The molecule has 1 amide bonds. The first-order chi connectivity index (χ1) is 13.1. The fourth-order valence-electron chi connectivity index (χ4n) is 3.49. The first-order valence-corrected chi connectivity index (χ1v) is 9.23. The maximum Gasteiger partial charge on any atom is 0.258 e. The molecule has 144 valence electrons. The van der Waals surface area contributed by atoms with E-state index in [2.05, 4.69) is 16.9 Å². The second-order valence-corrected chi connectivity index (χ2v) is 6.89. The van der Waals surface area contributed by atoms with Gasteiger partial charge in [-0.3, -0.25) is 9.78 Å². The highest BCUT2D eigenvalue weighted by Crippen LogP contribution is 2.28. The van der Waals surface area contributed by atoms with Crippen molar-refractivity contribution < 1.29 is 14.3 Å². The van der Waals surface area contributed by atoms with Crippen molar-refractivity contribution in [2.24, 2.45) is 0 Å². The molecule has 0 saturated carbocycles. The quantitative estimate of drug-likeness (QED) is 0.784. The largest absolute Gasteiger partial charge is 0.497 e. The van der Waals surface area contributed by atoms with E-state index in [1.807, 2.05) is 23.2 Å². The summed E-state index contributed by atoms with van der Waals surface area (Å²) in [7, 11) is 5.30. The number of rotatable bonds is 6. The molecule has 1 fully saturated rings. The van der Waals surface area contributed by atoms with Crippen LogP contribution in [0.5, 0.6) is 11.5 Å². The zero-order chi connectivity index (χ0) is 19.2. The zero-order valence-corrected chi connectivity index (χ0v) is 16.2. The van der Waals surface area contributed by atoms with Gasteiger partial charge in [0.15, 0.2) is 0 Å². The monoisotopic (exact) mass is 369 g/mol. The summed E-state index contributed by atoms with van der Waals surface area (Å²) in [6.07, 6.45) is 5.49. The van der Waals surface area contributed by atoms with Crippen LogP contribution >= 0.6 is 0 Å². The highest BCUT2D eigenvalue weighted by molar-refractivity contribution is 5.97. The molecule has 6 nitrogen and oxygen atoms in total. The Labute approximate surface area is 160 Å². The predicted molar refractivity (Wildman–Crippen MR) is 104 cm³/mol. The summed E-state index contributed by atoms with van der Waals surface area (Å²) in [6, 6.07) is 9.44. The lowest BCUT2D eigenvalue weighted by atomic mass is 10.0. The van der Waals surface area contributed by atoms with Gasteiger partial charge in [0.05, 0.1) is 19.8 Å². The number of hydrogen-bond donors (Lipinski definition) is 0. The normalized spacial score (nSPS) is 15.4. The smallest absolute Gasteiger partial charge is 0.258 e. The molecule has 0 aliphatic carbocycles. The molecule has 1 aliphatic heterocycles. The molecule has 1 aromatic heterocycles. The Kier molecular flexibility index (Phi) is 6.29. The summed E-state index contributed by atoms with van der Waals surface area (Å²) in [5.41, 5.74) is 1.58. The lowest BCUT2D eigenvalue weighted by molar-refractivity contribution is 0.0566. The summed E-state index contributed by atoms with van der Waals surface area (Å²) in [5.74, 6) is 1.18. The molecule has 0 atom stereocenters. The molecule has 0 unspecified atom stereocenters. The summed E-state index contributed by atoms with van der Waals surface area (Å²) in [5, 5.41) is 0. The Morgan fingerprint density at radius 2 is 2.00 bits per heavy atom. The molecule has 0 radical (unpaired) electrons. The van der Waals surface area contributed by atoms with Gasteiger partial charge in [0.2, 0.25) is 0 Å². The SMILES string of the molecule is COc1ccc(C(=O)N(Cc2cccnc2)C2CCN(C)CC2)c(OC)c1. The van der Waals surface area contributed by atoms with E-state index in [-0.39, 0.29) is 11.9 Å². The van der Waals surface area contributed by atoms with Crippen LogP contribution < -0.4 is 9.47 Å². The van der Waals surface area contributed by atoms with Crippen LogP contribution in [0.2, 0.25) is 0 Å². The van der Waals surface area contributed by atoms with E-state index in [1.165, 1.54) is 0 Å². The van der Waals surface area contributed by atoms with Gasteiger partial charge in [-0.05, 0) is 56.7 Å². The molecule has 0 spiro atoms. The second-order valence-electron chi connectivity index (χ2n) is 6.89. The Morgan fingerprint density at radius 3 is 2.63 bits per heavy atom. The summed E-state index contributed by atoms with van der Waals surface area (Å²) in [4.78, 5) is 21.9. The van der Waals surface area contributed by atoms with Gasteiger partial charge in [0.25, 0.3) is 5.91 Å². The number of benzene rings is 1. The third-order valence-electron chi connectivity index (χ3n) is 5.10. The Bertz CT molecular complexity index is 759. The topological polar surface area (TPSA) is 54.9 Å². The molecule has 0 bridgehead atoms. The van der Waals surface area contributed by atoms with Crippen molar-refractivity contribution in [1.82, 2.24) is 14.8 Å². The van der Waals surface area contributed by atoms with Crippen LogP contribution in [0, 0.1) is 0 Å². The third-order valence-corrected chi connectivity index (χ3v) is 5.10. The van der Waals surface area contributed by atoms with E-state index >= 15 is 0 Å². The van der Waals surface area contributed by atoms with Gasteiger partial charge < -0.3 is 19.3 Å². The first-order valence-electron chi connectivity index (χ1n) is 9.23. The van der Waals surface area contributed by atoms with Gasteiger partial charge in [-0.2, -0.15) is 0 Å². The van der Waals surface area contributed by atoms with E-state index < -0.39 is 0 Å². The van der Waals surface area contributed by atoms with Crippen molar-refractivity contribution in [2.75, 3.05) is 34.4 Å². The van der Waals surface area contributed by atoms with Crippen molar-refractivity contribution in [3.8, 4) is 11.5 Å². The molecule has 0 N–H and O–H groups in total. The number of ether oxygens (including phenoxy) is 2. The van der Waals surface area contributed by atoms with E-state index in [1.54, 1.807) is 38.6 Å². The molecule has 2 aromatic rings. The van der Waals surface area contributed by atoms with Crippen molar-refractivity contribution in [2.45, 2.75) is 25.4 Å². The maximum absolute atomic E-state index is 13.5. The summed E-state index contributed by atoms with van der Waals surface area (Å²) >= 11 is 0. The molecular weight excluding hydrogens is 342 g/mol. The van der Waals surface area contributed by atoms with Gasteiger partial charge in [-0.15, -0.1) is 0 Å². The Hall–Kier alpha value is -2.60. The molecule has 6 heteroatoms. The van der Waals surface area contributed by atoms with E-state index in [4.69, 9.17) is 9.47 Å². The zero-order valence-electron chi connectivity index (χ0n) is 16.2. The number of methoxy groups -OCH3 is 2. The number of carbonyl (C=O) groups excluding carboxylic acids is 1. The fourth-order valence-corrected chi connectivity index (χ4v) is 3.49. The molecule has 2 heterocycles. The van der Waals surface area contributed by atoms with E-state index in [9.17, 15) is 4.79 Å². The maximum atomic E-state index is 13.5. The number of piperidine rings is 1. The number of carbonyl (C=O) groups is 1. The number of pyridine rings is 1. The van der Waals surface area contributed by atoms with Crippen LogP contribution in [-0.4, -0.2) is 61.1 Å². The van der Waals surface area contributed by atoms with E-state index in [0.29, 0.717) is 23.6 Å². The Morgan fingerprint density at radius 1 is 1.22 bits per heavy atom. The number of hydrogen-bond acceptors (Lipinski definition) is 5. The fraction of sp³-hybridized carbons (Fsp3) is 0.429. The molecular formula is C21H27N3O3. The number of nitrogens with zero attached hydrogens (tertiary/aromatic N) is 3. The van der Waals surface area contributed by atoms with Crippen molar-refractivity contribution >= 4 is 5.91 Å². The van der Waals surface area contributed by atoms with Gasteiger partial charge in [0, 0.05) is 31.0 Å². The minimum Gasteiger partial charge on any atom is -0.497 e. The van der Waals surface area contributed by atoms with Gasteiger partial charge in [0.1, 0.15) is 11.5 Å². The number of amides is 1. The molecule has 3 rings (SSSR count). The van der Waals surface area contributed by atoms with Crippen LogP contribution in [0.3, 0.4) is 0 Å². The number of likely N-dealkylation sites (tertiary alicyclic amines) is 1. The first kappa shape index (κ1) is 19.2. The lowest BCUT2D eigenvalue weighted by Gasteiger charge is -2.37. The Balaban J connectivity index is 1.90. The van der Waals surface area contributed by atoms with Gasteiger partial charge in [-0.25, -0.2) is 0 Å². The van der Waals surface area contributed by atoms with Crippen LogP contribution in [0.1, 0.15) is 28.8 Å². The average molecular weight is 369 g/mol. The average Bonchev–Trinajstić information content (AvgIpc) is 2.72. The second kappa shape index (κ2) is 8.86. The van der Waals surface area contributed by atoms with E-state index in [0.717, 1.165) is 31.5 Å². The number of aromatic nitrogens is 1. The van der Waals surface area contributed by atoms with Crippen LogP contribution in [0.25, 0.3) is 0 Å².